The van der Waals surface area contributed by atoms with Gasteiger partial charge in [-0.05, 0) is 58.4 Å². The van der Waals surface area contributed by atoms with Gasteiger partial charge >= 0.3 is 0 Å². The van der Waals surface area contributed by atoms with Crippen LogP contribution in [-0.2, 0) is 4.52 Å². The summed E-state index contributed by atoms with van der Waals surface area (Å²) in [7, 11) is -0.732. The lowest BCUT2D eigenvalue weighted by atomic mass is 10.2. The van der Waals surface area contributed by atoms with E-state index in [4.69, 9.17) is 4.52 Å². The molecule has 0 aromatic heterocycles. The summed E-state index contributed by atoms with van der Waals surface area (Å²) >= 11 is 0. The van der Waals surface area contributed by atoms with Crippen molar-refractivity contribution in [2.24, 2.45) is 0 Å². The summed E-state index contributed by atoms with van der Waals surface area (Å²) in [4.78, 5) is 0. The molecule has 0 saturated carbocycles. The molecule has 0 radical (unpaired) electrons. The standard InChI is InChI=1S/C21H29OP/c1-6-7-8-9-22-23(20-12-16(2)10-17(3)13-20)21-14-18(4)11-19(5)15-21/h10-15H,6-9H2,1-5H3. The van der Waals surface area contributed by atoms with Gasteiger partial charge in [0.05, 0.1) is 14.8 Å². The van der Waals surface area contributed by atoms with Crippen molar-refractivity contribution in [2.75, 3.05) is 6.61 Å². The summed E-state index contributed by atoms with van der Waals surface area (Å²) in [6.45, 7) is 11.8. The Bertz CT molecular complexity index is 556. The monoisotopic (exact) mass is 328 g/mol. The molecule has 2 aromatic rings. The third-order valence-electron chi connectivity index (χ3n) is 3.85. The highest BCUT2D eigenvalue weighted by Gasteiger charge is 2.17. The van der Waals surface area contributed by atoms with Crippen LogP contribution in [0, 0.1) is 27.7 Å². The van der Waals surface area contributed by atoms with Gasteiger partial charge in [0.15, 0.2) is 0 Å². The molecular weight excluding hydrogens is 299 g/mol. The van der Waals surface area contributed by atoms with Gasteiger partial charge in [0.25, 0.3) is 0 Å². The summed E-state index contributed by atoms with van der Waals surface area (Å²) in [5.41, 5.74) is 5.26. The molecule has 0 unspecified atom stereocenters. The van der Waals surface area contributed by atoms with E-state index in [9.17, 15) is 0 Å². The van der Waals surface area contributed by atoms with Gasteiger partial charge in [-0.25, -0.2) is 0 Å². The van der Waals surface area contributed by atoms with Crippen LogP contribution in [0.15, 0.2) is 36.4 Å². The molecule has 1 nitrogen and oxygen atoms in total. The minimum Gasteiger partial charge on any atom is -0.350 e. The molecule has 2 heteroatoms. The molecule has 2 rings (SSSR count). The average Bonchev–Trinajstić information content (AvgIpc) is 2.45. The molecule has 0 aliphatic carbocycles. The van der Waals surface area contributed by atoms with Gasteiger partial charge in [0.2, 0.25) is 0 Å². The zero-order valence-electron chi connectivity index (χ0n) is 15.1. The van der Waals surface area contributed by atoms with Gasteiger partial charge in [-0.15, -0.1) is 0 Å². The lowest BCUT2D eigenvalue weighted by Gasteiger charge is -2.20. The third-order valence-corrected chi connectivity index (χ3v) is 5.75. The fourth-order valence-corrected chi connectivity index (χ4v) is 5.13. The van der Waals surface area contributed by atoms with E-state index in [1.807, 2.05) is 0 Å². The minimum atomic E-state index is -0.732. The highest BCUT2D eigenvalue weighted by molar-refractivity contribution is 7.68. The van der Waals surface area contributed by atoms with E-state index < -0.39 is 8.15 Å². The first-order valence-electron chi connectivity index (χ1n) is 8.59. The lowest BCUT2D eigenvalue weighted by molar-refractivity contribution is 0.346. The molecule has 0 atom stereocenters. The summed E-state index contributed by atoms with van der Waals surface area (Å²) in [5.74, 6) is 0. The molecule has 23 heavy (non-hydrogen) atoms. The van der Waals surface area contributed by atoms with Gasteiger partial charge in [0, 0.05) is 10.6 Å². The zero-order chi connectivity index (χ0) is 16.8. The maximum absolute atomic E-state index is 6.40. The van der Waals surface area contributed by atoms with Crippen molar-refractivity contribution in [3.63, 3.8) is 0 Å². The van der Waals surface area contributed by atoms with E-state index >= 15 is 0 Å². The Kier molecular flexibility index (Phi) is 6.81. The Labute approximate surface area is 142 Å². The second kappa shape index (κ2) is 8.62. The molecule has 0 spiro atoms. The Morgan fingerprint density at radius 2 is 1.13 bits per heavy atom. The molecular formula is C21H29OP. The van der Waals surface area contributed by atoms with Crippen molar-refractivity contribution in [3.8, 4) is 0 Å². The SMILES string of the molecule is CCCCCOP(c1cc(C)cc(C)c1)c1cc(C)cc(C)c1. The highest BCUT2D eigenvalue weighted by atomic mass is 31.1. The van der Waals surface area contributed by atoms with Crippen LogP contribution in [-0.4, -0.2) is 6.61 Å². The molecule has 0 amide bonds. The Morgan fingerprint density at radius 1 is 0.696 bits per heavy atom. The van der Waals surface area contributed by atoms with Gasteiger partial charge in [0.1, 0.15) is 0 Å². The van der Waals surface area contributed by atoms with Crippen molar-refractivity contribution < 1.29 is 4.52 Å². The maximum Gasteiger partial charge on any atom is 0.0917 e. The first-order chi connectivity index (χ1) is 11.0. The predicted molar refractivity (Wildman–Crippen MR) is 103 cm³/mol. The summed E-state index contributed by atoms with van der Waals surface area (Å²) in [6, 6.07) is 13.6. The molecule has 0 heterocycles. The molecule has 0 fully saturated rings. The quantitative estimate of drug-likeness (QED) is 0.483. The Morgan fingerprint density at radius 3 is 1.52 bits per heavy atom. The van der Waals surface area contributed by atoms with Gasteiger partial charge < -0.3 is 4.52 Å². The molecule has 0 bridgehead atoms. The van der Waals surface area contributed by atoms with Crippen LogP contribution in [0.3, 0.4) is 0 Å². The van der Waals surface area contributed by atoms with Gasteiger partial charge in [-0.1, -0.05) is 54.2 Å². The minimum absolute atomic E-state index is 0.732. The first-order valence-corrected chi connectivity index (χ1v) is 9.85. The fraction of sp³-hybridized carbons (Fsp3) is 0.429. The molecule has 0 N–H and O–H groups in total. The number of hydrogen-bond donors (Lipinski definition) is 0. The van der Waals surface area contributed by atoms with Crippen LogP contribution in [0.1, 0.15) is 48.4 Å². The van der Waals surface area contributed by atoms with E-state index in [0.29, 0.717) is 0 Å². The zero-order valence-corrected chi connectivity index (χ0v) is 16.0. The molecule has 2 aromatic carbocycles. The Hall–Kier alpha value is -1.17. The Balaban J connectivity index is 2.34. The number of aryl methyl sites for hydroxylation is 4. The topological polar surface area (TPSA) is 9.23 Å². The number of hydrogen-bond acceptors (Lipinski definition) is 1. The van der Waals surface area contributed by atoms with E-state index in [1.54, 1.807) is 0 Å². The van der Waals surface area contributed by atoms with E-state index in [0.717, 1.165) is 13.0 Å². The van der Waals surface area contributed by atoms with Crippen molar-refractivity contribution in [3.05, 3.63) is 58.7 Å². The number of unbranched alkanes of at least 4 members (excludes halogenated alkanes) is 2. The second-order valence-electron chi connectivity index (χ2n) is 6.53. The van der Waals surface area contributed by atoms with Gasteiger partial charge in [-0.2, -0.15) is 0 Å². The molecule has 124 valence electrons. The van der Waals surface area contributed by atoms with Crippen LogP contribution in [0.25, 0.3) is 0 Å². The van der Waals surface area contributed by atoms with Crippen molar-refractivity contribution in [2.45, 2.75) is 53.9 Å². The summed E-state index contributed by atoms with van der Waals surface area (Å²) in [6.07, 6.45) is 3.61. The van der Waals surface area contributed by atoms with Crippen molar-refractivity contribution in [1.82, 2.24) is 0 Å². The van der Waals surface area contributed by atoms with Crippen LogP contribution >= 0.6 is 8.15 Å². The van der Waals surface area contributed by atoms with Crippen LogP contribution in [0.2, 0.25) is 0 Å². The molecule has 0 aliphatic heterocycles. The summed E-state index contributed by atoms with van der Waals surface area (Å²) in [5, 5.41) is 2.66. The van der Waals surface area contributed by atoms with E-state index in [-0.39, 0.29) is 0 Å². The van der Waals surface area contributed by atoms with E-state index in [1.165, 1.54) is 45.7 Å². The van der Waals surface area contributed by atoms with Crippen molar-refractivity contribution >= 4 is 18.8 Å². The van der Waals surface area contributed by atoms with Crippen LogP contribution in [0.4, 0.5) is 0 Å². The maximum atomic E-state index is 6.40. The van der Waals surface area contributed by atoms with E-state index in [2.05, 4.69) is 71.0 Å². The third kappa shape index (κ3) is 5.44. The molecule has 0 saturated heterocycles. The first kappa shape index (κ1) is 18.2. The van der Waals surface area contributed by atoms with Crippen LogP contribution < -0.4 is 10.6 Å². The normalized spacial score (nSPS) is 11.2. The van der Waals surface area contributed by atoms with Gasteiger partial charge in [-0.3, -0.25) is 0 Å². The largest absolute Gasteiger partial charge is 0.350 e. The number of rotatable bonds is 7. The molecule has 0 aliphatic rings. The fourth-order valence-electron chi connectivity index (χ4n) is 2.94. The smallest absolute Gasteiger partial charge is 0.0917 e. The highest BCUT2D eigenvalue weighted by Crippen LogP contribution is 2.36. The predicted octanol–water partition coefficient (Wildman–Crippen LogP) is 5.47. The summed E-state index contributed by atoms with van der Waals surface area (Å²) < 4.78 is 6.40. The lowest BCUT2D eigenvalue weighted by Crippen LogP contribution is -2.16. The average molecular weight is 328 g/mol. The second-order valence-corrected chi connectivity index (χ2v) is 8.41. The van der Waals surface area contributed by atoms with Crippen LogP contribution in [0.5, 0.6) is 0 Å². The number of benzene rings is 2. The van der Waals surface area contributed by atoms with Crippen molar-refractivity contribution in [1.29, 1.82) is 0 Å².